The molecule has 154 valence electrons. The fourth-order valence-corrected chi connectivity index (χ4v) is 4.69. The fraction of sp³-hybridized carbons (Fsp3) is 0.636. The van der Waals surface area contributed by atoms with Gasteiger partial charge in [0, 0.05) is 31.5 Å². The number of carbonyl (C=O) groups excluding carboxylic acids is 1. The lowest BCUT2D eigenvalue weighted by atomic mass is 9.82. The van der Waals surface area contributed by atoms with Gasteiger partial charge in [-0.05, 0) is 30.7 Å². The minimum absolute atomic E-state index is 0.0290. The largest absolute Gasteiger partial charge is 0.481 e. The summed E-state index contributed by atoms with van der Waals surface area (Å²) in [7, 11) is 0. The zero-order valence-electron chi connectivity index (χ0n) is 16.4. The number of likely N-dealkylation sites (tertiary alicyclic amines) is 1. The summed E-state index contributed by atoms with van der Waals surface area (Å²) in [4.78, 5) is 25.7. The maximum Gasteiger partial charge on any atom is 0.317 e. The van der Waals surface area contributed by atoms with Crippen molar-refractivity contribution in [3.05, 3.63) is 35.9 Å². The van der Waals surface area contributed by atoms with Crippen molar-refractivity contribution in [2.75, 3.05) is 13.1 Å². The Morgan fingerprint density at radius 2 is 1.86 bits per heavy atom. The van der Waals surface area contributed by atoms with E-state index in [4.69, 9.17) is 5.11 Å². The third-order valence-electron chi connectivity index (χ3n) is 6.27. The smallest absolute Gasteiger partial charge is 0.317 e. The van der Waals surface area contributed by atoms with Crippen molar-refractivity contribution in [1.82, 2.24) is 10.2 Å². The predicted molar refractivity (Wildman–Crippen MR) is 107 cm³/mol. The lowest BCUT2D eigenvalue weighted by molar-refractivity contribution is -0.137. The number of hydrogen-bond donors (Lipinski definition) is 3. The van der Waals surface area contributed by atoms with Crippen LogP contribution in [-0.2, 0) is 11.2 Å². The highest BCUT2D eigenvalue weighted by molar-refractivity contribution is 5.75. The Morgan fingerprint density at radius 3 is 2.54 bits per heavy atom. The van der Waals surface area contributed by atoms with E-state index in [2.05, 4.69) is 5.32 Å². The second kappa shape index (κ2) is 9.92. The highest BCUT2D eigenvalue weighted by atomic mass is 16.4. The van der Waals surface area contributed by atoms with Gasteiger partial charge in [-0.1, -0.05) is 56.0 Å². The molecule has 0 spiro atoms. The fourth-order valence-electron chi connectivity index (χ4n) is 4.69. The summed E-state index contributed by atoms with van der Waals surface area (Å²) in [5.41, 5.74) is 1.08. The van der Waals surface area contributed by atoms with Crippen LogP contribution in [-0.4, -0.2) is 52.3 Å². The number of nitrogens with zero attached hydrogens (tertiary/aromatic N) is 1. The van der Waals surface area contributed by atoms with Crippen LogP contribution in [0.15, 0.2) is 30.3 Å². The van der Waals surface area contributed by atoms with Crippen LogP contribution in [0.5, 0.6) is 0 Å². The first-order valence-corrected chi connectivity index (χ1v) is 10.5. The van der Waals surface area contributed by atoms with Crippen molar-refractivity contribution in [2.45, 2.75) is 63.5 Å². The molecular formula is C22H32N2O4. The van der Waals surface area contributed by atoms with Crippen LogP contribution < -0.4 is 5.32 Å². The molecule has 6 nitrogen and oxygen atoms in total. The molecule has 1 heterocycles. The summed E-state index contributed by atoms with van der Waals surface area (Å²) in [6, 6.07) is 9.47. The van der Waals surface area contributed by atoms with E-state index in [1.807, 2.05) is 35.2 Å². The van der Waals surface area contributed by atoms with E-state index in [1.165, 1.54) is 12.8 Å². The van der Waals surface area contributed by atoms with Crippen LogP contribution in [0.4, 0.5) is 4.79 Å². The molecule has 1 aliphatic heterocycles. The first kappa shape index (κ1) is 20.6. The highest BCUT2D eigenvalue weighted by Gasteiger charge is 2.36. The maximum absolute atomic E-state index is 12.9. The van der Waals surface area contributed by atoms with Crippen molar-refractivity contribution in [3.63, 3.8) is 0 Å². The van der Waals surface area contributed by atoms with Crippen LogP contribution in [0.3, 0.4) is 0 Å². The number of carboxylic acids is 1. The van der Waals surface area contributed by atoms with Gasteiger partial charge in [0.1, 0.15) is 0 Å². The van der Waals surface area contributed by atoms with E-state index >= 15 is 0 Å². The molecule has 0 bridgehead atoms. The second-order valence-corrected chi connectivity index (χ2v) is 8.28. The Balaban J connectivity index is 1.60. The lowest BCUT2D eigenvalue weighted by Crippen LogP contribution is -2.53. The Kier molecular flexibility index (Phi) is 7.31. The molecule has 3 N–H and O–H groups in total. The van der Waals surface area contributed by atoms with Crippen molar-refractivity contribution >= 4 is 12.0 Å². The second-order valence-electron chi connectivity index (χ2n) is 8.28. The quantitative estimate of drug-likeness (QED) is 0.670. The summed E-state index contributed by atoms with van der Waals surface area (Å²) in [5.74, 6) is -0.180. The molecule has 1 aromatic rings. The van der Waals surface area contributed by atoms with Gasteiger partial charge in [0.05, 0.1) is 6.10 Å². The van der Waals surface area contributed by atoms with Crippen LogP contribution >= 0.6 is 0 Å². The number of aliphatic carboxylic acids is 1. The van der Waals surface area contributed by atoms with E-state index in [1.54, 1.807) is 0 Å². The van der Waals surface area contributed by atoms with Crippen molar-refractivity contribution in [2.24, 2.45) is 11.8 Å². The third kappa shape index (κ3) is 5.71. The van der Waals surface area contributed by atoms with E-state index in [0.717, 1.165) is 18.4 Å². The van der Waals surface area contributed by atoms with Gasteiger partial charge in [0.2, 0.25) is 0 Å². The summed E-state index contributed by atoms with van der Waals surface area (Å²) in [6.45, 7) is 1.14. The van der Waals surface area contributed by atoms with Gasteiger partial charge in [-0.15, -0.1) is 0 Å². The first-order chi connectivity index (χ1) is 13.5. The van der Waals surface area contributed by atoms with Gasteiger partial charge in [-0.25, -0.2) is 4.79 Å². The van der Waals surface area contributed by atoms with E-state index in [-0.39, 0.29) is 30.5 Å². The number of piperidine rings is 1. The number of rotatable bonds is 7. The van der Waals surface area contributed by atoms with E-state index < -0.39 is 5.97 Å². The summed E-state index contributed by atoms with van der Waals surface area (Å²) in [5, 5.41) is 22.5. The van der Waals surface area contributed by atoms with Gasteiger partial charge in [-0.2, -0.15) is 0 Å². The van der Waals surface area contributed by atoms with Crippen molar-refractivity contribution in [3.8, 4) is 0 Å². The minimum Gasteiger partial charge on any atom is -0.481 e. The number of nitrogens with one attached hydrogen (secondary N) is 1. The lowest BCUT2D eigenvalue weighted by Gasteiger charge is -2.39. The molecular weight excluding hydrogens is 356 g/mol. The highest BCUT2D eigenvalue weighted by Crippen LogP contribution is 2.36. The molecule has 28 heavy (non-hydrogen) atoms. The molecule has 1 aliphatic carbocycles. The minimum atomic E-state index is -0.852. The van der Waals surface area contributed by atoms with E-state index in [9.17, 15) is 14.7 Å². The van der Waals surface area contributed by atoms with Crippen molar-refractivity contribution < 1.29 is 19.8 Å². The van der Waals surface area contributed by atoms with E-state index in [0.29, 0.717) is 38.3 Å². The normalized spacial score (nSPS) is 24.1. The first-order valence-electron chi connectivity index (χ1n) is 10.5. The third-order valence-corrected chi connectivity index (χ3v) is 6.27. The van der Waals surface area contributed by atoms with Crippen LogP contribution in [0.1, 0.15) is 50.5 Å². The summed E-state index contributed by atoms with van der Waals surface area (Å²) >= 11 is 0. The molecule has 6 heteroatoms. The number of aliphatic hydroxyl groups is 1. The number of urea groups is 1. The Bertz CT molecular complexity index is 645. The molecule has 0 aromatic heterocycles. The SMILES string of the molecule is O=C(O)CCC(Cc1ccccc1)NC(=O)N1CC[C@@H](O)[C@H](C2CCCC2)C1. The molecule has 2 fully saturated rings. The standard InChI is InChI=1S/C22H32N2O4/c25-20-12-13-24(15-19(20)17-8-4-5-9-17)22(28)23-18(10-11-21(26)27)14-16-6-2-1-3-7-16/h1-3,6-7,17-20,25H,4-5,8-15H2,(H,23,28)(H,26,27)/t18?,19-,20+/m0/s1. The Morgan fingerprint density at radius 1 is 1.14 bits per heavy atom. The van der Waals surface area contributed by atoms with Crippen LogP contribution in [0.2, 0.25) is 0 Å². The van der Waals surface area contributed by atoms with Gasteiger partial charge >= 0.3 is 12.0 Å². The van der Waals surface area contributed by atoms with Crippen LogP contribution in [0.25, 0.3) is 0 Å². The number of carbonyl (C=O) groups is 2. The van der Waals surface area contributed by atoms with Crippen LogP contribution in [0, 0.1) is 11.8 Å². The number of amides is 2. The molecule has 1 saturated carbocycles. The number of carboxylic acid groups (broad SMARTS) is 1. The monoisotopic (exact) mass is 388 g/mol. The topological polar surface area (TPSA) is 89.9 Å². The maximum atomic E-state index is 12.9. The molecule has 2 aliphatic rings. The number of hydrogen-bond acceptors (Lipinski definition) is 3. The van der Waals surface area contributed by atoms with Gasteiger partial charge < -0.3 is 20.4 Å². The van der Waals surface area contributed by atoms with Gasteiger partial charge in [0.25, 0.3) is 0 Å². The number of aliphatic hydroxyl groups excluding tert-OH is 1. The van der Waals surface area contributed by atoms with Crippen molar-refractivity contribution in [1.29, 1.82) is 0 Å². The molecule has 3 rings (SSSR count). The van der Waals surface area contributed by atoms with Gasteiger partial charge in [-0.3, -0.25) is 4.79 Å². The molecule has 2 amide bonds. The number of benzene rings is 1. The Labute approximate surface area is 166 Å². The average molecular weight is 389 g/mol. The molecule has 1 saturated heterocycles. The Hall–Kier alpha value is -2.08. The molecule has 0 radical (unpaired) electrons. The molecule has 1 aromatic carbocycles. The predicted octanol–water partition coefficient (Wildman–Crippen LogP) is 3.05. The summed E-state index contributed by atoms with van der Waals surface area (Å²) < 4.78 is 0. The zero-order chi connectivity index (χ0) is 19.9. The summed E-state index contributed by atoms with van der Waals surface area (Å²) in [6.07, 6.45) is 6.07. The zero-order valence-corrected chi connectivity index (χ0v) is 16.4. The molecule has 1 unspecified atom stereocenters. The van der Waals surface area contributed by atoms with Gasteiger partial charge in [0.15, 0.2) is 0 Å². The molecule has 3 atom stereocenters. The average Bonchev–Trinajstić information content (AvgIpc) is 3.21.